The molecule has 1 unspecified atom stereocenters. The molecule has 3 aromatic carbocycles. The highest BCUT2D eigenvalue weighted by Gasteiger charge is 2.35. The van der Waals surface area contributed by atoms with Gasteiger partial charge in [-0.05, 0) is 55.5 Å². The van der Waals surface area contributed by atoms with Crippen molar-refractivity contribution in [1.29, 1.82) is 0 Å². The molecule has 2 N–H and O–H groups in total. The second kappa shape index (κ2) is 8.95. The van der Waals surface area contributed by atoms with Crippen molar-refractivity contribution in [3.05, 3.63) is 72.3 Å². The van der Waals surface area contributed by atoms with Gasteiger partial charge in [-0.2, -0.15) is 0 Å². The van der Waals surface area contributed by atoms with E-state index >= 15 is 0 Å². The van der Waals surface area contributed by atoms with Crippen molar-refractivity contribution in [2.24, 2.45) is 5.92 Å². The maximum atomic E-state index is 12.8. The molecular weight excluding hydrogens is 470 g/mol. The Morgan fingerprint density at radius 1 is 0.943 bits per heavy atom. The van der Waals surface area contributed by atoms with Gasteiger partial charge < -0.3 is 19.7 Å². The van der Waals surface area contributed by atoms with Gasteiger partial charge in [-0.3, -0.25) is 14.3 Å². The van der Waals surface area contributed by atoms with Gasteiger partial charge in [-0.25, -0.2) is 8.42 Å². The Labute approximate surface area is 202 Å². The predicted molar refractivity (Wildman–Crippen MR) is 130 cm³/mol. The minimum atomic E-state index is -3.72. The van der Waals surface area contributed by atoms with E-state index in [9.17, 15) is 18.0 Å². The lowest BCUT2D eigenvalue weighted by atomic mass is 10.1. The van der Waals surface area contributed by atoms with Crippen LogP contribution in [0.15, 0.2) is 71.6 Å². The molecule has 1 fully saturated rings. The van der Waals surface area contributed by atoms with E-state index in [2.05, 4.69) is 10.0 Å². The van der Waals surface area contributed by atoms with E-state index in [4.69, 9.17) is 9.47 Å². The topological polar surface area (TPSA) is 114 Å². The maximum absolute atomic E-state index is 12.8. The highest BCUT2D eigenvalue weighted by molar-refractivity contribution is 7.92. The van der Waals surface area contributed by atoms with E-state index in [-0.39, 0.29) is 36.5 Å². The second-order valence-electron chi connectivity index (χ2n) is 8.43. The summed E-state index contributed by atoms with van der Waals surface area (Å²) in [5.41, 5.74) is 2.49. The zero-order valence-corrected chi connectivity index (χ0v) is 19.7. The summed E-state index contributed by atoms with van der Waals surface area (Å²) in [6.45, 7) is 2.27. The first kappa shape index (κ1) is 22.7. The molecule has 0 aliphatic carbocycles. The zero-order chi connectivity index (χ0) is 24.6. The third-order valence-electron chi connectivity index (χ3n) is 5.90. The monoisotopic (exact) mass is 493 g/mol. The fraction of sp³-hybridized carbons (Fsp3) is 0.200. The summed E-state index contributed by atoms with van der Waals surface area (Å²) in [6.07, 6.45) is 0.0920. The quantitative estimate of drug-likeness (QED) is 0.543. The molecule has 0 saturated carbocycles. The number of carbonyl (C=O) groups excluding carboxylic acids is 2. The van der Waals surface area contributed by atoms with Gasteiger partial charge in [-0.15, -0.1) is 0 Å². The lowest BCUT2D eigenvalue weighted by molar-refractivity contribution is -0.122. The Hall–Kier alpha value is -4.05. The van der Waals surface area contributed by atoms with Crippen LogP contribution in [0, 0.1) is 12.8 Å². The minimum absolute atomic E-state index is 0.0920. The Morgan fingerprint density at radius 3 is 2.37 bits per heavy atom. The Balaban J connectivity index is 1.21. The van der Waals surface area contributed by atoms with Crippen molar-refractivity contribution >= 4 is 38.9 Å². The lowest BCUT2D eigenvalue weighted by Gasteiger charge is -2.17. The molecule has 0 aromatic heterocycles. The van der Waals surface area contributed by atoms with Gasteiger partial charge in [0.05, 0.1) is 10.8 Å². The summed E-state index contributed by atoms with van der Waals surface area (Å²) in [4.78, 5) is 27.1. The molecule has 1 saturated heterocycles. The van der Waals surface area contributed by atoms with Crippen LogP contribution in [0.2, 0.25) is 0 Å². The minimum Gasteiger partial charge on any atom is -0.454 e. The van der Waals surface area contributed by atoms with Gasteiger partial charge in [0.15, 0.2) is 11.5 Å². The molecule has 35 heavy (non-hydrogen) atoms. The number of benzene rings is 3. The summed E-state index contributed by atoms with van der Waals surface area (Å²) in [7, 11) is -3.72. The molecule has 2 heterocycles. The molecule has 0 radical (unpaired) electrons. The van der Waals surface area contributed by atoms with E-state index in [1.165, 1.54) is 0 Å². The maximum Gasteiger partial charge on any atom is 0.261 e. The molecule has 3 aromatic rings. The van der Waals surface area contributed by atoms with Crippen molar-refractivity contribution in [2.45, 2.75) is 18.2 Å². The van der Waals surface area contributed by atoms with Crippen LogP contribution in [-0.2, 0) is 19.6 Å². The summed E-state index contributed by atoms with van der Waals surface area (Å²) < 4.78 is 38.3. The number of nitrogens with zero attached hydrogens (tertiary/aromatic N) is 1. The summed E-state index contributed by atoms with van der Waals surface area (Å²) in [5, 5.41) is 2.81. The molecule has 9 nitrogen and oxygen atoms in total. The Bertz CT molecular complexity index is 1390. The third-order valence-corrected chi connectivity index (χ3v) is 7.30. The molecule has 10 heteroatoms. The smallest absolute Gasteiger partial charge is 0.261 e. The Morgan fingerprint density at radius 2 is 1.63 bits per heavy atom. The largest absolute Gasteiger partial charge is 0.454 e. The lowest BCUT2D eigenvalue weighted by Crippen LogP contribution is -2.28. The van der Waals surface area contributed by atoms with Crippen LogP contribution in [0.4, 0.5) is 17.1 Å². The highest BCUT2D eigenvalue weighted by Crippen LogP contribution is 2.37. The van der Waals surface area contributed by atoms with Crippen molar-refractivity contribution < 1.29 is 27.5 Å². The number of fused-ring (bicyclic) bond motifs is 1. The van der Waals surface area contributed by atoms with Crippen molar-refractivity contribution in [1.82, 2.24) is 0 Å². The second-order valence-corrected chi connectivity index (χ2v) is 10.1. The van der Waals surface area contributed by atoms with Crippen LogP contribution in [0.5, 0.6) is 11.5 Å². The molecule has 0 spiro atoms. The van der Waals surface area contributed by atoms with Crippen LogP contribution in [-0.4, -0.2) is 33.6 Å². The number of hydrogen-bond acceptors (Lipinski definition) is 6. The summed E-state index contributed by atoms with van der Waals surface area (Å²) in [5.74, 6) is 0.243. The van der Waals surface area contributed by atoms with E-state index < -0.39 is 15.9 Å². The molecule has 1 atom stereocenters. The number of anilines is 3. The molecule has 2 aliphatic heterocycles. The average molecular weight is 494 g/mol. The van der Waals surface area contributed by atoms with E-state index in [1.807, 2.05) is 6.92 Å². The number of aryl methyl sites for hydroxylation is 1. The number of ether oxygens (including phenoxy) is 2. The predicted octanol–water partition coefficient (Wildman–Crippen LogP) is 3.52. The molecule has 2 aliphatic rings. The molecule has 180 valence electrons. The van der Waals surface area contributed by atoms with Gasteiger partial charge in [-0.1, -0.05) is 17.7 Å². The number of nitrogens with one attached hydrogen (secondary N) is 2. The van der Waals surface area contributed by atoms with Crippen LogP contribution < -0.4 is 24.4 Å². The Kier molecular flexibility index (Phi) is 5.81. The molecular formula is C25H23N3O6S. The number of rotatable bonds is 6. The fourth-order valence-corrected chi connectivity index (χ4v) is 5.04. The van der Waals surface area contributed by atoms with Crippen LogP contribution in [0.25, 0.3) is 0 Å². The fourth-order valence-electron chi connectivity index (χ4n) is 3.98. The zero-order valence-electron chi connectivity index (χ0n) is 18.9. The first-order valence-electron chi connectivity index (χ1n) is 11.0. The number of amides is 2. The standard InChI is InChI=1S/C25H23N3O6S/c1-16-2-9-21(10-3-16)35(31,32)27-19-6-4-18(5-7-19)26-25(30)17-12-24(29)28(14-17)20-8-11-22-23(13-20)34-15-33-22/h2-11,13,17,27H,12,14-15H2,1H3,(H,26,30). The normalized spacial score (nSPS) is 16.9. The number of sulfonamides is 1. The van der Waals surface area contributed by atoms with Crippen LogP contribution in [0.1, 0.15) is 12.0 Å². The van der Waals surface area contributed by atoms with Gasteiger partial charge >= 0.3 is 0 Å². The van der Waals surface area contributed by atoms with Crippen LogP contribution >= 0.6 is 0 Å². The third kappa shape index (κ3) is 4.78. The summed E-state index contributed by atoms with van der Waals surface area (Å²) in [6, 6.07) is 18.1. The molecule has 2 amide bonds. The number of carbonyl (C=O) groups is 2. The first-order valence-corrected chi connectivity index (χ1v) is 12.5. The van der Waals surface area contributed by atoms with Crippen LogP contribution in [0.3, 0.4) is 0 Å². The molecule has 0 bridgehead atoms. The van der Waals surface area contributed by atoms with E-state index in [0.717, 1.165) is 5.56 Å². The SMILES string of the molecule is Cc1ccc(S(=O)(=O)Nc2ccc(NC(=O)C3CC(=O)N(c4ccc5c(c4)OCO5)C3)cc2)cc1. The van der Waals surface area contributed by atoms with E-state index in [1.54, 1.807) is 71.6 Å². The summed E-state index contributed by atoms with van der Waals surface area (Å²) >= 11 is 0. The van der Waals surface area contributed by atoms with E-state index in [0.29, 0.717) is 28.6 Å². The van der Waals surface area contributed by atoms with Gasteiger partial charge in [0, 0.05) is 36.1 Å². The average Bonchev–Trinajstić information content (AvgIpc) is 3.46. The van der Waals surface area contributed by atoms with Crippen molar-refractivity contribution in [2.75, 3.05) is 28.3 Å². The van der Waals surface area contributed by atoms with Gasteiger partial charge in [0.25, 0.3) is 10.0 Å². The van der Waals surface area contributed by atoms with Crippen molar-refractivity contribution in [3.8, 4) is 11.5 Å². The first-order chi connectivity index (χ1) is 16.8. The molecule has 5 rings (SSSR count). The van der Waals surface area contributed by atoms with Gasteiger partial charge in [0.2, 0.25) is 18.6 Å². The van der Waals surface area contributed by atoms with Gasteiger partial charge in [0.1, 0.15) is 0 Å². The van der Waals surface area contributed by atoms with Crippen molar-refractivity contribution in [3.63, 3.8) is 0 Å². The number of hydrogen-bond donors (Lipinski definition) is 2. The highest BCUT2D eigenvalue weighted by atomic mass is 32.2.